The van der Waals surface area contributed by atoms with E-state index in [0.29, 0.717) is 18.1 Å². The Labute approximate surface area is 91.6 Å². The number of hydrogen-bond donors (Lipinski definition) is 1. The molecule has 0 aliphatic carbocycles. The molecule has 0 heterocycles. The van der Waals surface area contributed by atoms with E-state index in [-0.39, 0.29) is 11.8 Å². The Balaban J connectivity index is 4.22. The van der Waals surface area contributed by atoms with Crippen LogP contribution >= 0.6 is 12.2 Å². The summed E-state index contributed by atoms with van der Waals surface area (Å²) in [5.41, 5.74) is 5.42. The number of carbonyl (C=O) groups excluding carboxylic acids is 1. The van der Waals surface area contributed by atoms with Crippen molar-refractivity contribution in [3.05, 3.63) is 0 Å². The molecule has 0 rings (SSSR count). The van der Waals surface area contributed by atoms with Crippen LogP contribution in [0.3, 0.4) is 0 Å². The van der Waals surface area contributed by atoms with Crippen molar-refractivity contribution >= 4 is 23.1 Å². The Bertz CT molecular complexity index is 206. The van der Waals surface area contributed by atoms with Crippen LogP contribution in [0.25, 0.3) is 0 Å². The summed E-state index contributed by atoms with van der Waals surface area (Å²) in [6.07, 6.45) is 1.95. The van der Waals surface area contributed by atoms with Gasteiger partial charge in [-0.05, 0) is 13.3 Å². The molecule has 0 aliphatic heterocycles. The van der Waals surface area contributed by atoms with Gasteiger partial charge in [0.15, 0.2) is 0 Å². The zero-order chi connectivity index (χ0) is 11.1. The molecule has 1 atom stereocenters. The van der Waals surface area contributed by atoms with Crippen molar-refractivity contribution in [1.82, 2.24) is 4.90 Å². The molecule has 0 radical (unpaired) electrons. The van der Waals surface area contributed by atoms with Gasteiger partial charge in [0.05, 0.1) is 11.5 Å². The summed E-state index contributed by atoms with van der Waals surface area (Å²) in [5.74, 6) is 0.233. The van der Waals surface area contributed by atoms with Crippen LogP contribution in [0.4, 0.5) is 0 Å². The molecule has 0 aromatic carbocycles. The molecule has 0 saturated heterocycles. The molecule has 14 heavy (non-hydrogen) atoms. The summed E-state index contributed by atoms with van der Waals surface area (Å²) in [6, 6.07) is 0. The first-order chi connectivity index (χ1) is 6.52. The van der Waals surface area contributed by atoms with Crippen LogP contribution in [-0.2, 0) is 4.79 Å². The molecule has 0 aromatic rings. The van der Waals surface area contributed by atoms with Crippen LogP contribution in [0.15, 0.2) is 0 Å². The largest absolute Gasteiger partial charge is 0.392 e. The fraction of sp³-hybridized carbons (Fsp3) is 0.800. The number of hydrogen-bond acceptors (Lipinski definition) is 2. The van der Waals surface area contributed by atoms with E-state index in [4.69, 9.17) is 18.0 Å². The van der Waals surface area contributed by atoms with Crippen molar-refractivity contribution < 1.29 is 4.79 Å². The third-order valence-corrected chi connectivity index (χ3v) is 2.31. The third-order valence-electron chi connectivity index (χ3n) is 2.18. The predicted molar refractivity (Wildman–Crippen MR) is 63.1 cm³/mol. The van der Waals surface area contributed by atoms with Crippen molar-refractivity contribution in [1.29, 1.82) is 0 Å². The van der Waals surface area contributed by atoms with Crippen molar-refractivity contribution in [2.45, 2.75) is 33.6 Å². The number of likely N-dealkylation sites (N-methyl/N-ethyl adjacent to an activating group) is 1. The lowest BCUT2D eigenvalue weighted by Gasteiger charge is -2.23. The summed E-state index contributed by atoms with van der Waals surface area (Å²) in [7, 11) is 0. The summed E-state index contributed by atoms with van der Waals surface area (Å²) < 4.78 is 0. The maximum Gasteiger partial charge on any atom is 0.225 e. The zero-order valence-electron chi connectivity index (χ0n) is 9.25. The molecule has 2 N–H and O–H groups in total. The van der Waals surface area contributed by atoms with Gasteiger partial charge < -0.3 is 10.6 Å². The first-order valence-corrected chi connectivity index (χ1v) is 5.50. The second-order valence-corrected chi connectivity index (χ2v) is 4.03. The average molecular weight is 216 g/mol. The maximum atomic E-state index is 11.8. The molecule has 0 aliphatic rings. The molecule has 4 heteroatoms. The minimum absolute atomic E-state index is 0.0781. The molecule has 1 amide bonds. The van der Waals surface area contributed by atoms with Gasteiger partial charge in [0, 0.05) is 12.5 Å². The summed E-state index contributed by atoms with van der Waals surface area (Å²) >= 11 is 4.79. The molecule has 0 bridgehead atoms. The van der Waals surface area contributed by atoms with Crippen LogP contribution in [0.2, 0.25) is 0 Å². The first-order valence-electron chi connectivity index (χ1n) is 5.10. The topological polar surface area (TPSA) is 46.3 Å². The fourth-order valence-electron chi connectivity index (χ4n) is 1.40. The van der Waals surface area contributed by atoms with Gasteiger partial charge in [-0.3, -0.25) is 4.79 Å². The van der Waals surface area contributed by atoms with Crippen LogP contribution in [0, 0.1) is 5.92 Å². The van der Waals surface area contributed by atoms with Gasteiger partial charge in [-0.1, -0.05) is 32.5 Å². The number of nitrogens with two attached hydrogens (primary N) is 1. The molecule has 82 valence electrons. The highest BCUT2D eigenvalue weighted by atomic mass is 32.1. The zero-order valence-corrected chi connectivity index (χ0v) is 10.1. The monoisotopic (exact) mass is 216 g/mol. The van der Waals surface area contributed by atoms with E-state index in [2.05, 4.69) is 6.92 Å². The van der Waals surface area contributed by atoms with E-state index in [1.165, 1.54) is 0 Å². The molecule has 0 spiro atoms. The minimum Gasteiger partial charge on any atom is -0.392 e. The van der Waals surface area contributed by atoms with Crippen LogP contribution in [0.1, 0.15) is 33.6 Å². The Morgan fingerprint density at radius 3 is 2.43 bits per heavy atom. The highest BCUT2D eigenvalue weighted by Crippen LogP contribution is 2.09. The Morgan fingerprint density at radius 1 is 1.50 bits per heavy atom. The fourth-order valence-corrected chi connectivity index (χ4v) is 1.56. The highest BCUT2D eigenvalue weighted by molar-refractivity contribution is 7.80. The quantitative estimate of drug-likeness (QED) is 0.685. The molecule has 0 fully saturated rings. The average Bonchev–Trinajstić information content (AvgIpc) is 2.13. The van der Waals surface area contributed by atoms with Gasteiger partial charge in [-0.15, -0.1) is 0 Å². The van der Waals surface area contributed by atoms with Gasteiger partial charge in [0.25, 0.3) is 0 Å². The Morgan fingerprint density at radius 2 is 2.07 bits per heavy atom. The normalized spacial score (nSPS) is 12.2. The molecule has 3 nitrogen and oxygen atoms in total. The molecule has 0 aromatic heterocycles. The summed E-state index contributed by atoms with van der Waals surface area (Å²) in [5, 5.41) is 0. The number of amides is 1. The van der Waals surface area contributed by atoms with Gasteiger partial charge in [0.2, 0.25) is 5.91 Å². The van der Waals surface area contributed by atoms with E-state index in [1.807, 2.05) is 13.8 Å². The van der Waals surface area contributed by atoms with E-state index < -0.39 is 0 Å². The van der Waals surface area contributed by atoms with Gasteiger partial charge in [-0.25, -0.2) is 0 Å². The van der Waals surface area contributed by atoms with Gasteiger partial charge in [0.1, 0.15) is 0 Å². The van der Waals surface area contributed by atoms with Crippen LogP contribution < -0.4 is 5.73 Å². The van der Waals surface area contributed by atoms with Gasteiger partial charge >= 0.3 is 0 Å². The molecule has 1 unspecified atom stereocenters. The lowest BCUT2D eigenvalue weighted by molar-refractivity contribution is -0.134. The molecular weight excluding hydrogens is 196 g/mol. The van der Waals surface area contributed by atoms with Crippen molar-refractivity contribution in [2.24, 2.45) is 11.7 Å². The second-order valence-electron chi connectivity index (χ2n) is 3.51. The van der Waals surface area contributed by atoms with E-state index in [1.54, 1.807) is 4.90 Å². The van der Waals surface area contributed by atoms with Crippen molar-refractivity contribution in [3.63, 3.8) is 0 Å². The lowest BCUT2D eigenvalue weighted by atomic mass is 10.0. The summed E-state index contributed by atoms with van der Waals surface area (Å²) in [6.45, 7) is 7.04. The highest BCUT2D eigenvalue weighted by Gasteiger charge is 2.18. The van der Waals surface area contributed by atoms with Crippen molar-refractivity contribution in [3.8, 4) is 0 Å². The molecular formula is C10H20N2OS. The summed E-state index contributed by atoms with van der Waals surface area (Å²) in [4.78, 5) is 13.9. The molecule has 0 saturated carbocycles. The first kappa shape index (κ1) is 13.4. The van der Waals surface area contributed by atoms with Crippen LogP contribution in [-0.4, -0.2) is 28.9 Å². The predicted octanol–water partition coefficient (Wildman–Crippen LogP) is 1.56. The second kappa shape index (κ2) is 6.76. The van der Waals surface area contributed by atoms with Crippen LogP contribution in [0.5, 0.6) is 0 Å². The maximum absolute atomic E-state index is 11.8. The minimum atomic E-state index is 0.0781. The number of carbonyl (C=O) groups is 1. The van der Waals surface area contributed by atoms with E-state index in [9.17, 15) is 4.79 Å². The Hall–Kier alpha value is -0.640. The SMILES string of the molecule is CCCC(C)C(=O)N(CC)CC(N)=S. The number of thiocarbonyl (C=S) groups is 1. The Kier molecular flexibility index (Phi) is 6.45. The van der Waals surface area contributed by atoms with Gasteiger partial charge in [-0.2, -0.15) is 0 Å². The standard InChI is InChI=1S/C10H20N2OS/c1-4-6-8(3)10(13)12(5-2)7-9(11)14/h8H,4-7H2,1-3H3,(H2,11,14). The number of rotatable bonds is 6. The third kappa shape index (κ3) is 4.56. The van der Waals surface area contributed by atoms with E-state index >= 15 is 0 Å². The van der Waals surface area contributed by atoms with Crippen molar-refractivity contribution in [2.75, 3.05) is 13.1 Å². The smallest absolute Gasteiger partial charge is 0.225 e. The lowest BCUT2D eigenvalue weighted by Crippen LogP contribution is -2.40. The number of nitrogens with zero attached hydrogens (tertiary/aromatic N) is 1. The van der Waals surface area contributed by atoms with E-state index in [0.717, 1.165) is 12.8 Å².